The Morgan fingerprint density at radius 1 is 1.13 bits per heavy atom. The van der Waals surface area contributed by atoms with E-state index in [4.69, 9.17) is 0 Å². The molecule has 0 saturated heterocycles. The molecule has 112 valence electrons. The lowest BCUT2D eigenvalue weighted by Gasteiger charge is -2.11. The minimum absolute atomic E-state index is 0.0147. The van der Waals surface area contributed by atoms with E-state index < -0.39 is 0 Å². The third kappa shape index (κ3) is 2.87. The summed E-state index contributed by atoms with van der Waals surface area (Å²) < 4.78 is 0. The summed E-state index contributed by atoms with van der Waals surface area (Å²) in [6.45, 7) is 3.51. The van der Waals surface area contributed by atoms with E-state index in [1.807, 2.05) is 25.1 Å². The number of anilines is 2. The highest BCUT2D eigenvalue weighted by Gasteiger charge is 2.11. The van der Waals surface area contributed by atoms with Gasteiger partial charge in [0.15, 0.2) is 11.5 Å². The number of Topliss-reactive ketones (excluding diaryl/α,β-unsaturated/α-hetero) is 1. The Morgan fingerprint density at radius 2 is 1.87 bits per heavy atom. The van der Waals surface area contributed by atoms with Crippen molar-refractivity contribution >= 4 is 28.1 Å². The first-order valence-electron chi connectivity index (χ1n) is 7.13. The van der Waals surface area contributed by atoms with Crippen LogP contribution in [0.1, 0.15) is 28.5 Å². The van der Waals surface area contributed by atoms with Gasteiger partial charge in [-0.2, -0.15) is 5.26 Å². The van der Waals surface area contributed by atoms with Gasteiger partial charge in [0.05, 0.1) is 11.2 Å². The lowest BCUT2D eigenvalue weighted by molar-refractivity contribution is 0.101. The molecule has 0 spiro atoms. The van der Waals surface area contributed by atoms with Crippen molar-refractivity contribution in [3.63, 3.8) is 0 Å². The summed E-state index contributed by atoms with van der Waals surface area (Å²) in [6, 6.07) is 15.0. The summed E-state index contributed by atoms with van der Waals surface area (Å²) in [6.07, 6.45) is 0. The second-order valence-corrected chi connectivity index (χ2v) is 5.31. The number of carbonyl (C=O) groups is 1. The number of nitrogens with zero attached hydrogens (tertiary/aromatic N) is 3. The summed E-state index contributed by atoms with van der Waals surface area (Å²) in [5, 5.41) is 21.4. The number of aromatic nitrogens is 2. The highest BCUT2D eigenvalue weighted by atomic mass is 16.1. The standard InChI is InChI=1S/C18H14N4O/c1-11-3-8-16-15(9-11)18(17(10-19)22-21-16)20-14-6-4-13(5-7-14)12(2)23/h3-9H,1-2H3,(H,20,21). The molecule has 0 fully saturated rings. The molecule has 0 saturated carbocycles. The molecule has 2 aromatic carbocycles. The first-order chi connectivity index (χ1) is 11.1. The van der Waals surface area contributed by atoms with Crippen LogP contribution in [-0.2, 0) is 0 Å². The van der Waals surface area contributed by atoms with Gasteiger partial charge in [-0.15, -0.1) is 10.2 Å². The van der Waals surface area contributed by atoms with Gasteiger partial charge < -0.3 is 5.32 Å². The molecule has 1 heterocycles. The Morgan fingerprint density at radius 3 is 2.52 bits per heavy atom. The van der Waals surface area contributed by atoms with Crippen molar-refractivity contribution in [2.24, 2.45) is 0 Å². The van der Waals surface area contributed by atoms with Crippen LogP contribution in [0.4, 0.5) is 11.4 Å². The molecule has 0 aliphatic rings. The molecule has 0 aliphatic carbocycles. The van der Waals surface area contributed by atoms with Gasteiger partial charge in [0.2, 0.25) is 0 Å². The molecule has 1 N–H and O–H groups in total. The zero-order chi connectivity index (χ0) is 16.4. The summed E-state index contributed by atoms with van der Waals surface area (Å²) in [4.78, 5) is 11.3. The number of nitrogens with one attached hydrogen (secondary N) is 1. The van der Waals surface area contributed by atoms with Crippen molar-refractivity contribution in [2.75, 3.05) is 5.32 Å². The van der Waals surface area contributed by atoms with Crippen molar-refractivity contribution in [2.45, 2.75) is 13.8 Å². The highest BCUT2D eigenvalue weighted by Crippen LogP contribution is 2.28. The van der Waals surface area contributed by atoms with E-state index in [9.17, 15) is 10.1 Å². The second kappa shape index (κ2) is 5.85. The lowest BCUT2D eigenvalue weighted by Crippen LogP contribution is -2.00. The number of nitriles is 1. The average molecular weight is 302 g/mol. The fourth-order valence-corrected chi connectivity index (χ4v) is 2.36. The number of aryl methyl sites for hydroxylation is 1. The summed E-state index contributed by atoms with van der Waals surface area (Å²) >= 11 is 0. The van der Waals surface area contributed by atoms with E-state index >= 15 is 0 Å². The molecule has 0 bridgehead atoms. The minimum atomic E-state index is 0.0147. The maximum absolute atomic E-state index is 11.3. The Kier molecular flexibility index (Phi) is 3.73. The molecule has 0 amide bonds. The predicted molar refractivity (Wildman–Crippen MR) is 88.7 cm³/mol. The predicted octanol–water partition coefficient (Wildman–Crippen LogP) is 3.76. The molecule has 0 aliphatic heterocycles. The van der Waals surface area contributed by atoms with Crippen LogP contribution >= 0.6 is 0 Å². The topological polar surface area (TPSA) is 78.7 Å². The van der Waals surface area contributed by atoms with Crippen molar-refractivity contribution in [3.05, 3.63) is 59.3 Å². The number of carbonyl (C=O) groups excluding carboxylic acids is 1. The van der Waals surface area contributed by atoms with Gasteiger partial charge in [-0.05, 0) is 50.2 Å². The number of hydrogen-bond donors (Lipinski definition) is 1. The first-order valence-corrected chi connectivity index (χ1v) is 7.13. The third-order valence-corrected chi connectivity index (χ3v) is 3.58. The Labute approximate surface area is 133 Å². The van der Waals surface area contributed by atoms with E-state index in [0.717, 1.165) is 22.2 Å². The molecule has 5 nitrogen and oxygen atoms in total. The molecule has 23 heavy (non-hydrogen) atoms. The van der Waals surface area contributed by atoms with Crippen LogP contribution < -0.4 is 5.32 Å². The van der Waals surface area contributed by atoms with Gasteiger partial charge in [0, 0.05) is 16.6 Å². The van der Waals surface area contributed by atoms with Gasteiger partial charge in [-0.25, -0.2) is 0 Å². The van der Waals surface area contributed by atoms with Crippen LogP contribution in [0.5, 0.6) is 0 Å². The Hall–Kier alpha value is -3.26. The van der Waals surface area contributed by atoms with Crippen molar-refractivity contribution in [1.82, 2.24) is 10.2 Å². The number of ketones is 1. The Bertz CT molecular complexity index is 940. The van der Waals surface area contributed by atoms with E-state index in [1.54, 1.807) is 24.3 Å². The maximum atomic E-state index is 11.3. The van der Waals surface area contributed by atoms with Crippen molar-refractivity contribution < 1.29 is 4.79 Å². The molecule has 5 heteroatoms. The number of hydrogen-bond acceptors (Lipinski definition) is 5. The quantitative estimate of drug-likeness (QED) is 0.745. The summed E-state index contributed by atoms with van der Waals surface area (Å²) in [7, 11) is 0. The molecular weight excluding hydrogens is 288 g/mol. The fourth-order valence-electron chi connectivity index (χ4n) is 2.36. The third-order valence-electron chi connectivity index (χ3n) is 3.58. The number of rotatable bonds is 3. The van der Waals surface area contributed by atoms with Crippen LogP contribution in [0.3, 0.4) is 0 Å². The number of fused-ring (bicyclic) bond motifs is 1. The summed E-state index contributed by atoms with van der Waals surface area (Å²) in [5.74, 6) is 0.0147. The average Bonchev–Trinajstić information content (AvgIpc) is 2.56. The zero-order valence-corrected chi connectivity index (χ0v) is 12.8. The normalized spacial score (nSPS) is 10.3. The van der Waals surface area contributed by atoms with E-state index in [1.165, 1.54) is 6.92 Å². The molecule has 3 aromatic rings. The maximum Gasteiger partial charge on any atom is 0.187 e. The van der Waals surface area contributed by atoms with Crippen LogP contribution in [0.15, 0.2) is 42.5 Å². The van der Waals surface area contributed by atoms with Gasteiger partial charge in [-0.1, -0.05) is 11.6 Å². The van der Waals surface area contributed by atoms with E-state index in [2.05, 4.69) is 21.6 Å². The second-order valence-electron chi connectivity index (χ2n) is 5.31. The van der Waals surface area contributed by atoms with Gasteiger partial charge in [0.1, 0.15) is 6.07 Å². The largest absolute Gasteiger partial charge is 0.353 e. The SMILES string of the molecule is CC(=O)c1ccc(Nc2c(C#N)nnc3ccc(C)cc23)cc1. The van der Waals surface area contributed by atoms with Crippen LogP contribution in [-0.4, -0.2) is 16.0 Å². The van der Waals surface area contributed by atoms with Gasteiger partial charge in [-0.3, -0.25) is 4.79 Å². The monoisotopic (exact) mass is 302 g/mol. The molecule has 0 radical (unpaired) electrons. The Balaban J connectivity index is 2.09. The van der Waals surface area contributed by atoms with Crippen LogP contribution in [0, 0.1) is 18.3 Å². The molecule has 1 aromatic heterocycles. The summed E-state index contributed by atoms with van der Waals surface area (Å²) in [5.41, 5.74) is 4.07. The molecule has 3 rings (SSSR count). The first kappa shape index (κ1) is 14.7. The lowest BCUT2D eigenvalue weighted by atomic mass is 10.1. The van der Waals surface area contributed by atoms with Crippen LogP contribution in [0.2, 0.25) is 0 Å². The van der Waals surface area contributed by atoms with Crippen molar-refractivity contribution in [3.8, 4) is 6.07 Å². The van der Waals surface area contributed by atoms with Gasteiger partial charge >= 0.3 is 0 Å². The molecular formula is C18H14N4O. The minimum Gasteiger partial charge on any atom is -0.353 e. The van der Waals surface area contributed by atoms with Gasteiger partial charge in [0.25, 0.3) is 0 Å². The molecule has 0 unspecified atom stereocenters. The zero-order valence-electron chi connectivity index (χ0n) is 12.8. The van der Waals surface area contributed by atoms with Crippen molar-refractivity contribution in [1.29, 1.82) is 5.26 Å². The number of benzene rings is 2. The van der Waals surface area contributed by atoms with Crippen LogP contribution in [0.25, 0.3) is 10.9 Å². The highest BCUT2D eigenvalue weighted by molar-refractivity contribution is 5.96. The van der Waals surface area contributed by atoms with E-state index in [0.29, 0.717) is 11.3 Å². The molecule has 0 atom stereocenters. The fraction of sp³-hybridized carbons (Fsp3) is 0.111. The smallest absolute Gasteiger partial charge is 0.187 e. The van der Waals surface area contributed by atoms with E-state index in [-0.39, 0.29) is 11.5 Å².